The highest BCUT2D eigenvalue weighted by molar-refractivity contribution is 7.71. The first-order valence-corrected chi connectivity index (χ1v) is 3.92. The summed E-state index contributed by atoms with van der Waals surface area (Å²) < 4.78 is 2.50. The minimum Gasteiger partial charge on any atom is -0.302 e. The van der Waals surface area contributed by atoms with Crippen molar-refractivity contribution >= 4 is 29.3 Å². The molecular weight excluding hydrogens is 180 g/mol. The zero-order valence-corrected chi connectivity index (χ0v) is 7.12. The molecule has 2 heterocycles. The Morgan fingerprint density at radius 2 is 2.27 bits per heavy atom. The maximum atomic E-state index is 5.92. The summed E-state index contributed by atoms with van der Waals surface area (Å²) >= 11 is 10.9. The molecule has 11 heavy (non-hydrogen) atoms. The van der Waals surface area contributed by atoms with Gasteiger partial charge in [0.2, 0.25) is 0 Å². The number of halogens is 1. The standard InChI is InChI=1S/C7H5ClN2S/c8-7-5-1-3-9-10(5)4-2-6(7)11/h1-4,9H. The maximum Gasteiger partial charge on any atom is 0.0843 e. The molecule has 4 heteroatoms. The zero-order chi connectivity index (χ0) is 7.84. The third kappa shape index (κ3) is 0.968. The van der Waals surface area contributed by atoms with E-state index in [0.29, 0.717) is 9.53 Å². The van der Waals surface area contributed by atoms with Crippen molar-refractivity contribution in [3.05, 3.63) is 34.1 Å². The van der Waals surface area contributed by atoms with E-state index in [4.69, 9.17) is 23.8 Å². The number of nitrogens with one attached hydrogen (secondary N) is 1. The Morgan fingerprint density at radius 1 is 1.45 bits per heavy atom. The molecule has 0 aliphatic heterocycles. The first-order valence-electron chi connectivity index (χ1n) is 3.13. The van der Waals surface area contributed by atoms with Crippen LogP contribution in [0.3, 0.4) is 0 Å². The molecule has 0 amide bonds. The van der Waals surface area contributed by atoms with Gasteiger partial charge in [-0.15, -0.1) is 0 Å². The van der Waals surface area contributed by atoms with Crippen LogP contribution < -0.4 is 0 Å². The van der Waals surface area contributed by atoms with Gasteiger partial charge in [-0.25, -0.2) is 0 Å². The molecule has 0 saturated carbocycles. The van der Waals surface area contributed by atoms with Crippen LogP contribution in [0.5, 0.6) is 0 Å². The van der Waals surface area contributed by atoms with Crippen LogP contribution in [0.15, 0.2) is 24.5 Å². The molecule has 0 aliphatic rings. The van der Waals surface area contributed by atoms with Crippen molar-refractivity contribution in [2.24, 2.45) is 0 Å². The van der Waals surface area contributed by atoms with E-state index >= 15 is 0 Å². The Hall–Kier alpha value is -0.800. The SMILES string of the molecule is S=c1ccn2[nH]ccc2c1Cl. The zero-order valence-electron chi connectivity index (χ0n) is 5.54. The Labute approximate surface area is 73.4 Å². The van der Waals surface area contributed by atoms with Crippen molar-refractivity contribution < 1.29 is 0 Å². The van der Waals surface area contributed by atoms with E-state index in [1.807, 2.05) is 23.0 Å². The lowest BCUT2D eigenvalue weighted by atomic mass is 10.4. The van der Waals surface area contributed by atoms with Gasteiger partial charge in [-0.2, -0.15) is 0 Å². The highest BCUT2D eigenvalue weighted by atomic mass is 35.5. The van der Waals surface area contributed by atoms with Gasteiger partial charge < -0.3 is 5.10 Å². The molecule has 56 valence electrons. The fourth-order valence-corrected chi connectivity index (χ4v) is 1.37. The number of aromatic amines is 1. The quantitative estimate of drug-likeness (QED) is 0.625. The van der Waals surface area contributed by atoms with Crippen molar-refractivity contribution in [2.75, 3.05) is 0 Å². The van der Waals surface area contributed by atoms with E-state index in [9.17, 15) is 0 Å². The second kappa shape index (κ2) is 2.36. The molecule has 2 aromatic rings. The molecule has 0 bridgehead atoms. The summed E-state index contributed by atoms with van der Waals surface area (Å²) in [5, 5.41) is 3.60. The van der Waals surface area contributed by atoms with Crippen molar-refractivity contribution in [3.63, 3.8) is 0 Å². The molecule has 2 aromatic heterocycles. The fourth-order valence-electron chi connectivity index (χ4n) is 0.990. The summed E-state index contributed by atoms with van der Waals surface area (Å²) in [5.74, 6) is 0. The molecule has 0 atom stereocenters. The van der Waals surface area contributed by atoms with Crippen LogP contribution >= 0.6 is 23.8 Å². The van der Waals surface area contributed by atoms with E-state index in [-0.39, 0.29) is 0 Å². The van der Waals surface area contributed by atoms with Crippen molar-refractivity contribution in [3.8, 4) is 0 Å². The Kier molecular flexibility index (Phi) is 1.47. The average Bonchev–Trinajstić information content (AvgIpc) is 2.45. The largest absolute Gasteiger partial charge is 0.302 e. The number of nitrogens with zero attached hydrogens (tertiary/aromatic N) is 1. The van der Waals surface area contributed by atoms with Gasteiger partial charge >= 0.3 is 0 Å². The predicted molar refractivity (Wildman–Crippen MR) is 47.6 cm³/mol. The van der Waals surface area contributed by atoms with Crippen molar-refractivity contribution in [1.82, 2.24) is 9.61 Å². The minimum atomic E-state index is 0.628. The second-order valence-corrected chi connectivity index (χ2v) is 3.03. The molecule has 0 unspecified atom stereocenters. The number of aromatic nitrogens is 2. The first kappa shape index (κ1) is 6.88. The predicted octanol–water partition coefficient (Wildman–Crippen LogP) is 2.65. The molecule has 0 fully saturated rings. The molecular formula is C7H5ClN2S. The van der Waals surface area contributed by atoms with Gasteiger partial charge in [-0.1, -0.05) is 23.8 Å². The molecule has 2 nitrogen and oxygen atoms in total. The van der Waals surface area contributed by atoms with Crippen LogP contribution in [0.4, 0.5) is 0 Å². The minimum absolute atomic E-state index is 0.628. The van der Waals surface area contributed by atoms with Gasteiger partial charge in [0.15, 0.2) is 0 Å². The first-order chi connectivity index (χ1) is 5.29. The highest BCUT2D eigenvalue weighted by Crippen LogP contribution is 2.17. The van der Waals surface area contributed by atoms with E-state index in [1.54, 1.807) is 6.07 Å². The molecule has 0 radical (unpaired) electrons. The van der Waals surface area contributed by atoms with E-state index < -0.39 is 0 Å². The summed E-state index contributed by atoms with van der Waals surface area (Å²) in [4.78, 5) is 0. The van der Waals surface area contributed by atoms with Gasteiger partial charge in [0.25, 0.3) is 0 Å². The average molecular weight is 185 g/mol. The Morgan fingerprint density at radius 3 is 3.09 bits per heavy atom. The highest BCUT2D eigenvalue weighted by Gasteiger charge is 1.98. The third-order valence-electron chi connectivity index (χ3n) is 1.53. The van der Waals surface area contributed by atoms with Gasteiger partial charge in [0.05, 0.1) is 15.0 Å². The van der Waals surface area contributed by atoms with Crippen LogP contribution in [-0.2, 0) is 0 Å². The van der Waals surface area contributed by atoms with Crippen molar-refractivity contribution in [1.29, 1.82) is 0 Å². The molecule has 1 N–H and O–H groups in total. The maximum absolute atomic E-state index is 5.92. The number of rotatable bonds is 0. The molecule has 0 aliphatic carbocycles. The summed E-state index contributed by atoms with van der Waals surface area (Å²) in [7, 11) is 0. The molecule has 0 spiro atoms. The van der Waals surface area contributed by atoms with Crippen LogP contribution in [0, 0.1) is 4.51 Å². The number of H-pyrrole nitrogens is 1. The van der Waals surface area contributed by atoms with Gasteiger partial charge in [0.1, 0.15) is 0 Å². The normalized spacial score (nSPS) is 10.6. The Bertz CT molecular complexity index is 443. The molecule has 2 rings (SSSR count). The number of fused-ring (bicyclic) bond motifs is 1. The molecule has 0 saturated heterocycles. The van der Waals surface area contributed by atoms with Crippen LogP contribution in [-0.4, -0.2) is 9.61 Å². The second-order valence-electron chi connectivity index (χ2n) is 2.21. The van der Waals surface area contributed by atoms with Crippen LogP contribution in [0.2, 0.25) is 5.02 Å². The fraction of sp³-hybridized carbons (Fsp3) is 0. The van der Waals surface area contributed by atoms with Gasteiger partial charge in [-0.05, 0) is 12.1 Å². The monoisotopic (exact) mass is 184 g/mol. The van der Waals surface area contributed by atoms with E-state index in [1.165, 1.54) is 0 Å². The lowest BCUT2D eigenvalue weighted by molar-refractivity contribution is 0.960. The third-order valence-corrected chi connectivity index (χ3v) is 2.38. The van der Waals surface area contributed by atoms with Crippen LogP contribution in [0.25, 0.3) is 5.52 Å². The number of hydrogen-bond donors (Lipinski definition) is 1. The summed E-state index contributed by atoms with van der Waals surface area (Å²) in [6.45, 7) is 0. The van der Waals surface area contributed by atoms with Crippen molar-refractivity contribution in [2.45, 2.75) is 0 Å². The summed E-state index contributed by atoms with van der Waals surface area (Å²) in [6, 6.07) is 3.68. The lowest BCUT2D eigenvalue weighted by Crippen LogP contribution is -1.85. The topological polar surface area (TPSA) is 20.2 Å². The summed E-state index contributed by atoms with van der Waals surface area (Å²) in [6.07, 6.45) is 3.67. The van der Waals surface area contributed by atoms with Gasteiger partial charge in [0, 0.05) is 12.4 Å². The Balaban J connectivity index is 3.04. The lowest BCUT2D eigenvalue weighted by Gasteiger charge is -1.94. The number of hydrogen-bond acceptors (Lipinski definition) is 1. The number of pyridine rings is 1. The van der Waals surface area contributed by atoms with E-state index in [0.717, 1.165) is 5.52 Å². The summed E-state index contributed by atoms with van der Waals surface area (Å²) in [5.41, 5.74) is 0.916. The van der Waals surface area contributed by atoms with Gasteiger partial charge in [-0.3, -0.25) is 4.52 Å². The van der Waals surface area contributed by atoms with Crippen LogP contribution in [0.1, 0.15) is 0 Å². The smallest absolute Gasteiger partial charge is 0.0843 e. The molecule has 0 aromatic carbocycles. The van der Waals surface area contributed by atoms with E-state index in [2.05, 4.69) is 5.10 Å².